The molecular formula is C29H16O. The van der Waals surface area contributed by atoms with Crippen LogP contribution in [0, 0.1) is 0 Å². The van der Waals surface area contributed by atoms with Crippen molar-refractivity contribution in [2.75, 3.05) is 0 Å². The Morgan fingerprint density at radius 1 is 0.567 bits per heavy atom. The van der Waals surface area contributed by atoms with Crippen molar-refractivity contribution in [3.8, 4) is 0 Å². The molecule has 0 saturated carbocycles. The molecule has 1 heteroatoms. The lowest BCUT2D eigenvalue weighted by molar-refractivity contribution is 0.0933. The molecule has 5 aliphatic rings. The standard InChI is InChI=1S/C29H16O/c30-28-27-18-8-2-1-7-16(18)13-17-14-25-22(15-21(17)27)26-19-9-3-5-11-23(19)29(25,28)24-12-6-4-10-20(24)26/h1-15,26H. The summed E-state index contributed by atoms with van der Waals surface area (Å²) in [5.74, 6) is 0.424. The van der Waals surface area contributed by atoms with E-state index < -0.39 is 5.41 Å². The summed E-state index contributed by atoms with van der Waals surface area (Å²) in [4.78, 5) is 14.7. The first-order valence-corrected chi connectivity index (χ1v) is 10.5. The van der Waals surface area contributed by atoms with Gasteiger partial charge in [0.1, 0.15) is 5.41 Å². The zero-order valence-corrected chi connectivity index (χ0v) is 16.1. The van der Waals surface area contributed by atoms with Crippen molar-refractivity contribution in [1.82, 2.24) is 0 Å². The van der Waals surface area contributed by atoms with Crippen LogP contribution in [0.25, 0.3) is 21.5 Å². The summed E-state index contributed by atoms with van der Waals surface area (Å²) in [7, 11) is 0. The molecule has 1 nitrogen and oxygen atoms in total. The minimum atomic E-state index is -0.752. The summed E-state index contributed by atoms with van der Waals surface area (Å²) >= 11 is 0. The molecule has 0 saturated heterocycles. The summed E-state index contributed by atoms with van der Waals surface area (Å²) in [5.41, 5.74) is 7.54. The fourth-order valence-corrected chi connectivity index (χ4v) is 6.61. The van der Waals surface area contributed by atoms with Crippen LogP contribution in [-0.4, -0.2) is 5.78 Å². The summed E-state index contributed by atoms with van der Waals surface area (Å²) in [6.45, 7) is 0. The highest BCUT2D eigenvalue weighted by molar-refractivity contribution is 6.27. The highest BCUT2D eigenvalue weighted by Gasteiger charge is 2.57. The Balaban J connectivity index is 1.69. The van der Waals surface area contributed by atoms with Gasteiger partial charge in [0.05, 0.1) is 0 Å². The Labute approximate surface area is 173 Å². The van der Waals surface area contributed by atoms with E-state index in [0.717, 1.165) is 21.7 Å². The molecule has 0 N–H and O–H groups in total. The normalized spacial score (nSPS) is 21.9. The maximum atomic E-state index is 14.7. The first kappa shape index (κ1) is 15.2. The highest BCUT2D eigenvalue weighted by atomic mass is 16.1. The zero-order chi connectivity index (χ0) is 19.6. The van der Waals surface area contributed by atoms with Crippen LogP contribution in [0.5, 0.6) is 0 Å². The van der Waals surface area contributed by atoms with E-state index in [9.17, 15) is 4.79 Å². The smallest absolute Gasteiger partial charge is 0.183 e. The Kier molecular flexibility index (Phi) is 2.38. The lowest BCUT2D eigenvalue weighted by Gasteiger charge is -2.48. The number of hydrogen-bond donors (Lipinski definition) is 0. The minimum Gasteiger partial charge on any atom is -0.292 e. The summed E-state index contributed by atoms with van der Waals surface area (Å²) in [6.07, 6.45) is 0. The second-order valence-corrected chi connectivity index (χ2v) is 8.82. The molecule has 0 fully saturated rings. The Hall–Kier alpha value is -3.71. The fraction of sp³-hybridized carbons (Fsp3) is 0.0690. The molecule has 138 valence electrons. The van der Waals surface area contributed by atoms with Gasteiger partial charge in [-0.05, 0) is 73.1 Å². The largest absolute Gasteiger partial charge is 0.292 e. The lowest BCUT2D eigenvalue weighted by Crippen LogP contribution is -2.47. The maximum absolute atomic E-state index is 14.7. The molecule has 0 aromatic heterocycles. The number of carbonyl (C=O) groups is 1. The van der Waals surface area contributed by atoms with Crippen LogP contribution < -0.4 is 0 Å². The topological polar surface area (TPSA) is 17.1 Å². The third-order valence-electron chi connectivity index (χ3n) is 7.67. The number of benzene rings is 5. The number of fused-ring (bicyclic) bond motifs is 1. The molecule has 10 rings (SSSR count). The van der Waals surface area contributed by atoms with E-state index in [1.165, 1.54) is 38.8 Å². The summed E-state index contributed by atoms with van der Waals surface area (Å²) < 4.78 is 0. The summed E-state index contributed by atoms with van der Waals surface area (Å²) in [6, 6.07) is 32.4. The maximum Gasteiger partial charge on any atom is 0.183 e. The monoisotopic (exact) mass is 380 g/mol. The van der Waals surface area contributed by atoms with Crippen molar-refractivity contribution < 1.29 is 4.79 Å². The third kappa shape index (κ3) is 1.39. The van der Waals surface area contributed by atoms with E-state index >= 15 is 0 Å². The van der Waals surface area contributed by atoms with E-state index in [4.69, 9.17) is 0 Å². The molecule has 1 spiro atoms. The van der Waals surface area contributed by atoms with Crippen molar-refractivity contribution in [1.29, 1.82) is 0 Å². The van der Waals surface area contributed by atoms with Crippen LogP contribution in [0.2, 0.25) is 0 Å². The second-order valence-electron chi connectivity index (χ2n) is 8.82. The van der Waals surface area contributed by atoms with Crippen molar-refractivity contribution in [3.05, 3.63) is 130 Å². The predicted octanol–water partition coefficient (Wildman–Crippen LogP) is 6.33. The van der Waals surface area contributed by atoms with Gasteiger partial charge in [0.15, 0.2) is 5.78 Å². The lowest BCUT2D eigenvalue weighted by atomic mass is 9.52. The van der Waals surface area contributed by atoms with Crippen LogP contribution >= 0.6 is 0 Å². The molecule has 0 aliphatic heterocycles. The highest BCUT2D eigenvalue weighted by Crippen LogP contribution is 2.62. The SMILES string of the molecule is O=C1c2c3ccccc3cc3cc4c(cc23)C2c3ccccc3C14c1ccccc12. The Bertz CT molecular complexity index is 1570. The molecular weight excluding hydrogens is 364 g/mol. The minimum absolute atomic E-state index is 0.198. The Morgan fingerprint density at radius 2 is 1.23 bits per heavy atom. The first-order valence-electron chi connectivity index (χ1n) is 10.5. The van der Waals surface area contributed by atoms with Crippen LogP contribution in [-0.2, 0) is 5.41 Å². The molecule has 5 aromatic rings. The summed E-state index contributed by atoms with van der Waals surface area (Å²) in [5, 5.41) is 4.48. The van der Waals surface area contributed by atoms with Crippen molar-refractivity contribution in [2.45, 2.75) is 11.3 Å². The molecule has 0 atom stereocenters. The molecule has 7 bridgehead atoms. The van der Waals surface area contributed by atoms with E-state index in [2.05, 4.69) is 84.9 Å². The number of Topliss-reactive ketones (excluding diaryl/α,β-unsaturated/α-hetero) is 1. The van der Waals surface area contributed by atoms with Gasteiger partial charge in [-0.2, -0.15) is 0 Å². The quantitative estimate of drug-likeness (QED) is 0.287. The van der Waals surface area contributed by atoms with Gasteiger partial charge in [-0.3, -0.25) is 4.79 Å². The van der Waals surface area contributed by atoms with Crippen molar-refractivity contribution in [3.63, 3.8) is 0 Å². The van der Waals surface area contributed by atoms with Gasteiger partial charge in [0.2, 0.25) is 0 Å². The molecule has 0 unspecified atom stereocenters. The fourth-order valence-electron chi connectivity index (χ4n) is 6.61. The van der Waals surface area contributed by atoms with Crippen LogP contribution in [0.4, 0.5) is 0 Å². The molecule has 5 aliphatic carbocycles. The van der Waals surface area contributed by atoms with E-state index in [1.807, 2.05) is 6.07 Å². The Morgan fingerprint density at radius 3 is 2.00 bits per heavy atom. The van der Waals surface area contributed by atoms with Crippen LogP contribution in [0.3, 0.4) is 0 Å². The van der Waals surface area contributed by atoms with Gasteiger partial charge in [0, 0.05) is 11.5 Å². The van der Waals surface area contributed by atoms with Crippen molar-refractivity contribution in [2.24, 2.45) is 0 Å². The number of carbonyl (C=O) groups excluding carboxylic acids is 1. The number of ketones is 1. The first-order chi connectivity index (χ1) is 14.8. The zero-order valence-electron chi connectivity index (χ0n) is 16.1. The molecule has 5 aromatic carbocycles. The van der Waals surface area contributed by atoms with Gasteiger partial charge in [-0.15, -0.1) is 0 Å². The molecule has 0 heterocycles. The van der Waals surface area contributed by atoms with Crippen LogP contribution in [0.15, 0.2) is 91.0 Å². The van der Waals surface area contributed by atoms with Crippen LogP contribution in [0.1, 0.15) is 49.7 Å². The average molecular weight is 380 g/mol. The van der Waals surface area contributed by atoms with Crippen molar-refractivity contribution >= 4 is 27.3 Å². The van der Waals surface area contributed by atoms with Gasteiger partial charge in [-0.25, -0.2) is 0 Å². The van der Waals surface area contributed by atoms with Gasteiger partial charge in [-0.1, -0.05) is 72.8 Å². The third-order valence-corrected chi connectivity index (χ3v) is 7.67. The predicted molar refractivity (Wildman–Crippen MR) is 119 cm³/mol. The van der Waals surface area contributed by atoms with Gasteiger partial charge >= 0.3 is 0 Å². The second kappa shape index (κ2) is 4.71. The molecule has 0 amide bonds. The molecule has 30 heavy (non-hydrogen) atoms. The number of rotatable bonds is 0. The average Bonchev–Trinajstić information content (AvgIpc) is 2.90. The van der Waals surface area contributed by atoms with E-state index in [0.29, 0.717) is 0 Å². The van der Waals surface area contributed by atoms with Gasteiger partial charge in [0.25, 0.3) is 0 Å². The van der Waals surface area contributed by atoms with Gasteiger partial charge < -0.3 is 0 Å². The van der Waals surface area contributed by atoms with E-state index in [-0.39, 0.29) is 11.7 Å². The molecule has 0 radical (unpaired) electrons. The number of hydrogen-bond acceptors (Lipinski definition) is 1. The van der Waals surface area contributed by atoms with E-state index in [1.54, 1.807) is 0 Å².